The highest BCUT2D eigenvalue weighted by atomic mass is 19.1. The molecule has 1 unspecified atom stereocenters. The molecule has 0 aliphatic carbocycles. The number of nitrogens with two attached hydrogens (primary N) is 1. The number of nitrogens with one attached hydrogen (secondary N) is 1. The maximum Gasteiger partial charge on any atom is 0.138 e. The van der Waals surface area contributed by atoms with Crippen molar-refractivity contribution in [3.8, 4) is 0 Å². The molecule has 2 rings (SSSR count). The summed E-state index contributed by atoms with van der Waals surface area (Å²) >= 11 is 0. The van der Waals surface area contributed by atoms with Gasteiger partial charge in [-0.25, -0.2) is 14.1 Å². The molecule has 2 aromatic rings. The molecule has 3 N–H and O–H groups in total. The molecule has 0 fully saturated rings. The Morgan fingerprint density at radius 3 is 2.84 bits per heavy atom. The normalized spacial score (nSPS) is 12.9. The smallest absolute Gasteiger partial charge is 0.138 e. The fourth-order valence-corrected chi connectivity index (χ4v) is 2.03. The van der Waals surface area contributed by atoms with E-state index in [9.17, 15) is 4.39 Å². The first kappa shape index (κ1) is 13.6. The summed E-state index contributed by atoms with van der Waals surface area (Å²) in [6.45, 7) is 4.07. The first-order chi connectivity index (χ1) is 9.11. The Hall–Kier alpha value is -1.79. The van der Waals surface area contributed by atoms with E-state index >= 15 is 0 Å². The van der Waals surface area contributed by atoms with Gasteiger partial charge in [-0.3, -0.25) is 11.3 Å². The van der Waals surface area contributed by atoms with Crippen LogP contribution in [-0.2, 0) is 6.42 Å². The van der Waals surface area contributed by atoms with Gasteiger partial charge in [-0.1, -0.05) is 12.1 Å². The van der Waals surface area contributed by atoms with Crippen LogP contribution in [0, 0.1) is 5.82 Å². The fourth-order valence-electron chi connectivity index (χ4n) is 2.03. The van der Waals surface area contributed by atoms with Gasteiger partial charge in [-0.05, 0) is 31.5 Å². The van der Waals surface area contributed by atoms with Crippen LogP contribution >= 0.6 is 0 Å². The monoisotopic (exact) mass is 263 g/mol. The van der Waals surface area contributed by atoms with Crippen molar-refractivity contribution in [3.63, 3.8) is 0 Å². The van der Waals surface area contributed by atoms with Crippen LogP contribution in [0.4, 0.5) is 4.39 Å². The summed E-state index contributed by atoms with van der Waals surface area (Å²) in [6.07, 6.45) is 2.08. The largest absolute Gasteiger partial charge is 0.271 e. The Bertz CT molecular complexity index is 537. The minimum absolute atomic E-state index is 0.197. The van der Waals surface area contributed by atoms with Crippen molar-refractivity contribution in [1.82, 2.24) is 20.2 Å². The van der Waals surface area contributed by atoms with E-state index in [1.807, 2.05) is 24.6 Å². The van der Waals surface area contributed by atoms with Crippen LogP contribution in [0.2, 0.25) is 0 Å². The van der Waals surface area contributed by atoms with Gasteiger partial charge < -0.3 is 0 Å². The lowest BCUT2D eigenvalue weighted by atomic mass is 10.0. The summed E-state index contributed by atoms with van der Waals surface area (Å²) in [4.78, 5) is 4.24. The number of hydrogen-bond donors (Lipinski definition) is 2. The fraction of sp³-hybridized carbons (Fsp3) is 0.385. The molecule has 0 aliphatic heterocycles. The molecule has 0 saturated heterocycles. The zero-order chi connectivity index (χ0) is 13.8. The number of halogens is 1. The highest BCUT2D eigenvalue weighted by Gasteiger charge is 2.16. The number of hydrazine groups is 1. The van der Waals surface area contributed by atoms with Crippen LogP contribution in [0.1, 0.15) is 37.3 Å². The lowest BCUT2D eigenvalue weighted by Gasteiger charge is -2.17. The number of nitrogens with zero attached hydrogens (tertiary/aromatic N) is 3. The summed E-state index contributed by atoms with van der Waals surface area (Å²) in [5, 5.41) is 4.18. The van der Waals surface area contributed by atoms with Gasteiger partial charge in [0, 0.05) is 12.5 Å². The molecular formula is C13H18FN5. The molecule has 102 valence electrons. The van der Waals surface area contributed by atoms with Gasteiger partial charge in [0.1, 0.15) is 18.0 Å². The second-order valence-electron chi connectivity index (χ2n) is 4.69. The molecule has 1 atom stereocenters. The zero-order valence-electron chi connectivity index (χ0n) is 11.0. The minimum Gasteiger partial charge on any atom is -0.271 e. The van der Waals surface area contributed by atoms with Crippen LogP contribution in [0.5, 0.6) is 0 Å². The van der Waals surface area contributed by atoms with Crippen molar-refractivity contribution in [2.75, 3.05) is 0 Å². The Kier molecular flexibility index (Phi) is 4.24. The average molecular weight is 263 g/mol. The topological polar surface area (TPSA) is 68.8 Å². The van der Waals surface area contributed by atoms with Crippen molar-refractivity contribution < 1.29 is 4.39 Å². The van der Waals surface area contributed by atoms with E-state index in [0.29, 0.717) is 6.42 Å². The van der Waals surface area contributed by atoms with Crippen LogP contribution < -0.4 is 11.3 Å². The van der Waals surface area contributed by atoms with E-state index in [4.69, 9.17) is 5.84 Å². The second kappa shape index (κ2) is 5.90. The van der Waals surface area contributed by atoms with E-state index in [2.05, 4.69) is 15.5 Å². The molecule has 6 heteroatoms. The predicted octanol–water partition coefficient (Wildman–Crippen LogP) is 1.75. The highest BCUT2D eigenvalue weighted by Crippen LogP contribution is 2.18. The summed E-state index contributed by atoms with van der Waals surface area (Å²) in [5.41, 5.74) is 3.49. The molecule has 0 aliphatic rings. The van der Waals surface area contributed by atoms with E-state index in [1.165, 1.54) is 18.5 Å². The first-order valence-corrected chi connectivity index (χ1v) is 6.21. The molecule has 0 saturated carbocycles. The molecule has 0 amide bonds. The number of hydrogen-bond acceptors (Lipinski definition) is 4. The summed E-state index contributed by atoms with van der Waals surface area (Å²) < 4.78 is 15.1. The van der Waals surface area contributed by atoms with Gasteiger partial charge in [0.05, 0.1) is 6.04 Å². The summed E-state index contributed by atoms with van der Waals surface area (Å²) in [7, 11) is 0. The quantitative estimate of drug-likeness (QED) is 0.637. The van der Waals surface area contributed by atoms with Crippen LogP contribution in [0.15, 0.2) is 30.6 Å². The number of aromatic nitrogens is 3. The summed E-state index contributed by atoms with van der Waals surface area (Å²) in [6, 6.07) is 6.42. The van der Waals surface area contributed by atoms with Gasteiger partial charge in [-0.15, -0.1) is 0 Å². The number of benzene rings is 1. The number of rotatable bonds is 5. The predicted molar refractivity (Wildman–Crippen MR) is 70.6 cm³/mol. The van der Waals surface area contributed by atoms with Crippen LogP contribution in [-0.4, -0.2) is 14.8 Å². The molecule has 0 radical (unpaired) electrons. The first-order valence-electron chi connectivity index (χ1n) is 6.21. The van der Waals surface area contributed by atoms with E-state index in [-0.39, 0.29) is 17.9 Å². The van der Waals surface area contributed by atoms with Gasteiger partial charge in [0.15, 0.2) is 0 Å². The molecule has 19 heavy (non-hydrogen) atoms. The molecule has 1 aromatic heterocycles. The van der Waals surface area contributed by atoms with E-state index in [1.54, 1.807) is 6.07 Å². The Morgan fingerprint density at radius 1 is 1.42 bits per heavy atom. The maximum atomic E-state index is 13.2. The van der Waals surface area contributed by atoms with Crippen molar-refractivity contribution in [3.05, 3.63) is 47.8 Å². The molecule has 0 spiro atoms. The van der Waals surface area contributed by atoms with Gasteiger partial charge in [0.2, 0.25) is 0 Å². The minimum atomic E-state index is -0.275. The molecule has 0 bridgehead atoms. The average Bonchev–Trinajstić information content (AvgIpc) is 2.84. The third kappa shape index (κ3) is 3.15. The van der Waals surface area contributed by atoms with Crippen molar-refractivity contribution >= 4 is 0 Å². The van der Waals surface area contributed by atoms with E-state index < -0.39 is 0 Å². The highest BCUT2D eigenvalue weighted by molar-refractivity contribution is 5.21. The second-order valence-corrected chi connectivity index (χ2v) is 4.69. The molecule has 5 nitrogen and oxygen atoms in total. The lowest BCUT2D eigenvalue weighted by molar-refractivity contribution is 0.467. The zero-order valence-corrected chi connectivity index (χ0v) is 11.0. The van der Waals surface area contributed by atoms with Crippen LogP contribution in [0.3, 0.4) is 0 Å². The third-order valence-electron chi connectivity index (χ3n) is 2.98. The van der Waals surface area contributed by atoms with Gasteiger partial charge in [-0.2, -0.15) is 5.10 Å². The summed E-state index contributed by atoms with van der Waals surface area (Å²) in [5.74, 6) is 6.11. The standard InChI is InChI=1S/C13H18FN5/c1-9(2)19-13(16-8-17-19)7-12(18-15)10-4-3-5-11(14)6-10/h3-6,8-9,12,18H,7,15H2,1-2H3. The maximum absolute atomic E-state index is 13.2. The van der Waals surface area contributed by atoms with E-state index in [0.717, 1.165) is 11.4 Å². The lowest BCUT2D eigenvalue weighted by Crippen LogP contribution is -2.30. The SMILES string of the molecule is CC(C)n1ncnc1CC(NN)c1cccc(F)c1. The third-order valence-corrected chi connectivity index (χ3v) is 2.98. The Morgan fingerprint density at radius 2 is 2.21 bits per heavy atom. The Balaban J connectivity index is 2.22. The van der Waals surface area contributed by atoms with Crippen molar-refractivity contribution in [2.24, 2.45) is 5.84 Å². The van der Waals surface area contributed by atoms with Crippen LogP contribution in [0.25, 0.3) is 0 Å². The van der Waals surface area contributed by atoms with Gasteiger partial charge in [0.25, 0.3) is 0 Å². The molecule has 1 aromatic carbocycles. The molecule has 1 heterocycles. The Labute approximate surface area is 111 Å². The van der Waals surface area contributed by atoms with Crippen molar-refractivity contribution in [1.29, 1.82) is 0 Å². The van der Waals surface area contributed by atoms with Gasteiger partial charge >= 0.3 is 0 Å². The van der Waals surface area contributed by atoms with Crippen molar-refractivity contribution in [2.45, 2.75) is 32.4 Å². The molecular weight excluding hydrogens is 245 g/mol.